The molecule has 0 saturated carbocycles. The van der Waals surface area contributed by atoms with Gasteiger partial charge in [0.2, 0.25) is 0 Å². The van der Waals surface area contributed by atoms with Crippen LogP contribution < -0.4 is 10.0 Å². The van der Waals surface area contributed by atoms with Crippen LogP contribution in [0.2, 0.25) is 5.02 Å². The molecular formula is C20H15ClN4O3S. The fourth-order valence-corrected chi connectivity index (χ4v) is 3.94. The monoisotopic (exact) mass is 426 g/mol. The highest BCUT2D eigenvalue weighted by Crippen LogP contribution is 2.21. The molecule has 4 aromatic rings. The molecule has 7 nitrogen and oxygen atoms in total. The molecule has 0 atom stereocenters. The minimum Gasteiger partial charge on any atom is -0.345 e. The van der Waals surface area contributed by atoms with Gasteiger partial charge in [-0.1, -0.05) is 17.7 Å². The van der Waals surface area contributed by atoms with E-state index in [2.05, 4.69) is 20.0 Å². The summed E-state index contributed by atoms with van der Waals surface area (Å²) in [5.41, 5.74) is 2.74. The first kappa shape index (κ1) is 19.0. The summed E-state index contributed by atoms with van der Waals surface area (Å²) in [5, 5.41) is 3.21. The van der Waals surface area contributed by atoms with E-state index >= 15 is 0 Å². The fourth-order valence-electron chi connectivity index (χ4n) is 2.77. The smallest absolute Gasteiger partial charge is 0.261 e. The summed E-state index contributed by atoms with van der Waals surface area (Å²) >= 11 is 5.81. The normalized spacial score (nSPS) is 11.3. The van der Waals surface area contributed by atoms with Crippen LogP contribution in [-0.2, 0) is 10.0 Å². The standard InChI is InChI=1S/C20H15ClN4O3S/c21-14-5-7-17(8-6-14)29(27,28)25-16-3-1-2-15(11-16)24-20(26)13-4-9-18-19(10-13)23-12-22-18/h1-12,25H,(H,22,23)(H,24,26). The lowest BCUT2D eigenvalue weighted by Crippen LogP contribution is -2.14. The van der Waals surface area contributed by atoms with Gasteiger partial charge < -0.3 is 10.3 Å². The Balaban J connectivity index is 1.52. The largest absolute Gasteiger partial charge is 0.345 e. The Kier molecular flexibility index (Phi) is 4.96. The molecule has 146 valence electrons. The third-order valence-electron chi connectivity index (χ3n) is 4.18. The Bertz CT molecular complexity index is 1300. The summed E-state index contributed by atoms with van der Waals surface area (Å²) in [7, 11) is -3.78. The average molecular weight is 427 g/mol. The SMILES string of the molecule is O=C(Nc1cccc(NS(=O)(=O)c2ccc(Cl)cc2)c1)c1ccc2nc[nH]c2c1. The van der Waals surface area contributed by atoms with Crippen LogP contribution in [-0.4, -0.2) is 24.3 Å². The first-order chi connectivity index (χ1) is 13.9. The van der Waals surface area contributed by atoms with Crippen molar-refractivity contribution in [1.82, 2.24) is 9.97 Å². The van der Waals surface area contributed by atoms with E-state index in [1.54, 1.807) is 48.8 Å². The van der Waals surface area contributed by atoms with Crippen LogP contribution in [0, 0.1) is 0 Å². The number of fused-ring (bicyclic) bond motifs is 1. The Hall–Kier alpha value is -3.36. The van der Waals surface area contributed by atoms with Crippen LogP contribution in [0.4, 0.5) is 11.4 Å². The Morgan fingerprint density at radius 2 is 1.72 bits per heavy atom. The van der Waals surface area contributed by atoms with E-state index in [1.807, 2.05) is 0 Å². The van der Waals surface area contributed by atoms with Gasteiger partial charge in [-0.25, -0.2) is 13.4 Å². The molecule has 0 aliphatic rings. The molecule has 0 aliphatic heterocycles. The highest BCUT2D eigenvalue weighted by atomic mass is 35.5. The van der Waals surface area contributed by atoms with Crippen molar-refractivity contribution in [2.45, 2.75) is 4.90 Å². The molecular weight excluding hydrogens is 412 g/mol. The number of hydrogen-bond donors (Lipinski definition) is 3. The molecule has 0 aliphatic carbocycles. The Labute approximate surface area is 171 Å². The number of amides is 1. The van der Waals surface area contributed by atoms with E-state index in [1.165, 1.54) is 24.3 Å². The molecule has 4 rings (SSSR count). The minimum absolute atomic E-state index is 0.0872. The number of halogens is 1. The molecule has 1 aromatic heterocycles. The number of imidazole rings is 1. The van der Waals surface area contributed by atoms with Crippen molar-refractivity contribution in [3.63, 3.8) is 0 Å². The van der Waals surface area contributed by atoms with E-state index in [-0.39, 0.29) is 10.8 Å². The van der Waals surface area contributed by atoms with Gasteiger partial charge in [-0.3, -0.25) is 9.52 Å². The zero-order valence-electron chi connectivity index (χ0n) is 14.9. The number of benzene rings is 3. The summed E-state index contributed by atoms with van der Waals surface area (Å²) in [6.07, 6.45) is 1.56. The number of nitrogens with one attached hydrogen (secondary N) is 3. The van der Waals surface area contributed by atoms with Gasteiger partial charge >= 0.3 is 0 Å². The van der Waals surface area contributed by atoms with Crippen molar-refractivity contribution < 1.29 is 13.2 Å². The van der Waals surface area contributed by atoms with E-state index < -0.39 is 10.0 Å². The van der Waals surface area contributed by atoms with Crippen molar-refractivity contribution in [1.29, 1.82) is 0 Å². The molecule has 9 heteroatoms. The molecule has 1 heterocycles. The summed E-state index contributed by atoms with van der Waals surface area (Å²) in [5.74, 6) is -0.320. The third-order valence-corrected chi connectivity index (χ3v) is 5.83. The quantitative estimate of drug-likeness (QED) is 0.443. The van der Waals surface area contributed by atoms with Gasteiger partial charge in [-0.05, 0) is 60.7 Å². The molecule has 0 saturated heterocycles. The van der Waals surface area contributed by atoms with Gasteiger partial charge in [-0.15, -0.1) is 0 Å². The maximum Gasteiger partial charge on any atom is 0.261 e. The fraction of sp³-hybridized carbons (Fsp3) is 0. The molecule has 3 aromatic carbocycles. The number of aromatic nitrogens is 2. The van der Waals surface area contributed by atoms with E-state index in [0.717, 1.165) is 11.0 Å². The van der Waals surface area contributed by atoms with Crippen molar-refractivity contribution in [3.8, 4) is 0 Å². The molecule has 1 amide bonds. The molecule has 0 spiro atoms. The van der Waals surface area contributed by atoms with Crippen LogP contribution >= 0.6 is 11.6 Å². The summed E-state index contributed by atoms with van der Waals surface area (Å²) < 4.78 is 27.5. The lowest BCUT2D eigenvalue weighted by Gasteiger charge is -2.11. The topological polar surface area (TPSA) is 104 Å². The second-order valence-electron chi connectivity index (χ2n) is 6.23. The lowest BCUT2D eigenvalue weighted by molar-refractivity contribution is 0.102. The average Bonchev–Trinajstić information content (AvgIpc) is 3.16. The van der Waals surface area contributed by atoms with E-state index in [0.29, 0.717) is 22.0 Å². The number of carbonyl (C=O) groups excluding carboxylic acids is 1. The number of sulfonamides is 1. The number of H-pyrrole nitrogens is 1. The number of hydrogen-bond acceptors (Lipinski definition) is 4. The third kappa shape index (κ3) is 4.23. The molecule has 0 unspecified atom stereocenters. The van der Waals surface area contributed by atoms with Gasteiger partial charge in [0.05, 0.1) is 27.9 Å². The number of anilines is 2. The van der Waals surface area contributed by atoms with Crippen LogP contribution in [0.1, 0.15) is 10.4 Å². The van der Waals surface area contributed by atoms with Crippen LogP contribution in [0.15, 0.2) is 78.0 Å². The van der Waals surface area contributed by atoms with Crippen molar-refractivity contribution in [3.05, 3.63) is 83.6 Å². The zero-order chi connectivity index (χ0) is 20.4. The highest BCUT2D eigenvalue weighted by Gasteiger charge is 2.15. The molecule has 29 heavy (non-hydrogen) atoms. The highest BCUT2D eigenvalue weighted by molar-refractivity contribution is 7.92. The van der Waals surface area contributed by atoms with Crippen molar-refractivity contribution >= 4 is 49.9 Å². The Morgan fingerprint density at radius 1 is 0.966 bits per heavy atom. The summed E-state index contributed by atoms with van der Waals surface area (Å²) in [4.78, 5) is 19.7. The maximum absolute atomic E-state index is 12.5. The molecule has 0 radical (unpaired) electrons. The van der Waals surface area contributed by atoms with Crippen LogP contribution in [0.3, 0.4) is 0 Å². The maximum atomic E-state index is 12.5. The molecule has 3 N–H and O–H groups in total. The zero-order valence-corrected chi connectivity index (χ0v) is 16.5. The van der Waals surface area contributed by atoms with E-state index in [9.17, 15) is 13.2 Å². The second-order valence-corrected chi connectivity index (χ2v) is 8.35. The molecule has 0 fully saturated rings. The predicted octanol–water partition coefficient (Wildman–Crippen LogP) is 4.27. The van der Waals surface area contributed by atoms with Gasteiger partial charge in [0.1, 0.15) is 0 Å². The minimum atomic E-state index is -3.78. The number of carbonyl (C=O) groups is 1. The van der Waals surface area contributed by atoms with Crippen molar-refractivity contribution in [2.24, 2.45) is 0 Å². The van der Waals surface area contributed by atoms with Crippen LogP contribution in [0.25, 0.3) is 11.0 Å². The summed E-state index contributed by atoms with van der Waals surface area (Å²) in [6, 6.07) is 17.4. The van der Waals surface area contributed by atoms with E-state index in [4.69, 9.17) is 11.6 Å². The Morgan fingerprint density at radius 3 is 2.52 bits per heavy atom. The van der Waals surface area contributed by atoms with Gasteiger partial charge in [0.25, 0.3) is 15.9 Å². The first-order valence-corrected chi connectivity index (χ1v) is 10.4. The molecule has 0 bridgehead atoms. The second kappa shape index (κ2) is 7.57. The van der Waals surface area contributed by atoms with Crippen LogP contribution in [0.5, 0.6) is 0 Å². The number of aromatic amines is 1. The summed E-state index contributed by atoms with van der Waals surface area (Å²) in [6.45, 7) is 0. The first-order valence-electron chi connectivity index (χ1n) is 8.54. The van der Waals surface area contributed by atoms with Crippen molar-refractivity contribution in [2.75, 3.05) is 10.0 Å². The lowest BCUT2D eigenvalue weighted by atomic mass is 10.2. The number of rotatable bonds is 5. The van der Waals surface area contributed by atoms with Gasteiger partial charge in [0, 0.05) is 16.3 Å². The van der Waals surface area contributed by atoms with Gasteiger partial charge in [-0.2, -0.15) is 0 Å². The van der Waals surface area contributed by atoms with Gasteiger partial charge in [0.15, 0.2) is 0 Å². The number of nitrogens with zero attached hydrogens (tertiary/aromatic N) is 1. The predicted molar refractivity (Wildman–Crippen MR) is 113 cm³/mol.